The monoisotopic (exact) mass is 487 g/mol. The smallest absolute Gasteiger partial charge is 0.302 e. The topological polar surface area (TPSA) is 72.5 Å². The van der Waals surface area contributed by atoms with Gasteiger partial charge < -0.3 is 4.74 Å². The first-order valence-electron chi connectivity index (χ1n) is 14.4. The highest BCUT2D eigenvalue weighted by molar-refractivity contribution is 6.06. The number of carbonyl (C=O) groups excluding carboxylic acids is 3. The molecule has 1 N–H and O–H groups in total. The number of esters is 1. The van der Waals surface area contributed by atoms with Crippen LogP contribution in [0.15, 0.2) is 0 Å². The molecule has 1 aliphatic heterocycles. The van der Waals surface area contributed by atoms with Crippen molar-refractivity contribution in [2.24, 2.45) is 45.8 Å². The van der Waals surface area contributed by atoms with Crippen LogP contribution < -0.4 is 5.32 Å². The normalized spacial score (nSPS) is 42.3. The van der Waals surface area contributed by atoms with Gasteiger partial charge in [-0.25, -0.2) is 0 Å². The largest absolute Gasteiger partial charge is 0.463 e. The first-order chi connectivity index (χ1) is 16.4. The Morgan fingerprint density at radius 1 is 1.03 bits per heavy atom. The first-order valence-corrected chi connectivity index (χ1v) is 14.4. The van der Waals surface area contributed by atoms with Crippen LogP contribution in [0.3, 0.4) is 0 Å². The predicted octanol–water partition coefficient (Wildman–Crippen LogP) is 6.44. The van der Waals surface area contributed by atoms with Crippen molar-refractivity contribution in [3.05, 3.63) is 0 Å². The maximum Gasteiger partial charge on any atom is 0.302 e. The van der Waals surface area contributed by atoms with Gasteiger partial charge in [0.05, 0.1) is 5.41 Å². The summed E-state index contributed by atoms with van der Waals surface area (Å²) >= 11 is 0. The van der Waals surface area contributed by atoms with Crippen molar-refractivity contribution in [2.45, 2.75) is 125 Å². The molecule has 4 rings (SSSR count). The van der Waals surface area contributed by atoms with Gasteiger partial charge >= 0.3 is 5.97 Å². The maximum atomic E-state index is 13.4. The van der Waals surface area contributed by atoms with E-state index in [0.717, 1.165) is 37.0 Å². The molecule has 3 saturated carbocycles. The van der Waals surface area contributed by atoms with Gasteiger partial charge in [0.1, 0.15) is 6.10 Å². The molecule has 8 atom stereocenters. The molecule has 0 aromatic heterocycles. The van der Waals surface area contributed by atoms with Gasteiger partial charge in [-0.3, -0.25) is 19.7 Å². The van der Waals surface area contributed by atoms with Crippen molar-refractivity contribution in [3.63, 3.8) is 0 Å². The molecule has 0 bridgehead atoms. The van der Waals surface area contributed by atoms with E-state index in [-0.39, 0.29) is 35.7 Å². The molecule has 0 radical (unpaired) electrons. The Balaban J connectivity index is 1.51. The molecule has 1 saturated heterocycles. The fourth-order valence-electron chi connectivity index (χ4n) is 9.25. The third-order valence-corrected chi connectivity index (χ3v) is 11.4. The number of fused-ring (bicyclic) bond motifs is 1. The second kappa shape index (κ2) is 9.82. The van der Waals surface area contributed by atoms with E-state index in [2.05, 4.69) is 39.9 Å². The zero-order valence-electron chi connectivity index (χ0n) is 23.1. The number of hydrogen-bond acceptors (Lipinski definition) is 4. The minimum atomic E-state index is -0.747. The van der Waals surface area contributed by atoms with Gasteiger partial charge in [0.15, 0.2) is 0 Å². The molecule has 4 fully saturated rings. The number of imide groups is 1. The van der Waals surface area contributed by atoms with E-state index in [9.17, 15) is 14.4 Å². The summed E-state index contributed by atoms with van der Waals surface area (Å²) < 4.78 is 5.58. The third kappa shape index (κ3) is 4.70. The van der Waals surface area contributed by atoms with E-state index in [4.69, 9.17) is 4.74 Å². The highest BCUT2D eigenvalue weighted by Crippen LogP contribution is 2.66. The lowest BCUT2D eigenvalue weighted by Gasteiger charge is -2.57. The van der Waals surface area contributed by atoms with Crippen LogP contribution in [0.25, 0.3) is 0 Å². The number of hydrogen-bond donors (Lipinski definition) is 1. The molecular formula is C30H49NO4. The van der Waals surface area contributed by atoms with Crippen LogP contribution in [-0.2, 0) is 19.1 Å². The number of ether oxygens (including phenoxy) is 1. The minimum absolute atomic E-state index is 0.127. The molecule has 5 heteroatoms. The third-order valence-electron chi connectivity index (χ3n) is 11.4. The molecule has 1 unspecified atom stereocenters. The molecule has 4 aliphatic rings. The molecule has 1 heterocycles. The summed E-state index contributed by atoms with van der Waals surface area (Å²) in [5, 5.41) is 2.63. The van der Waals surface area contributed by atoms with Crippen LogP contribution in [0.4, 0.5) is 0 Å². The molecule has 2 amide bonds. The first kappa shape index (κ1) is 26.7. The van der Waals surface area contributed by atoms with E-state index in [0.29, 0.717) is 23.7 Å². The SMILES string of the molecule is CC(=O)OC1CC[C@](C)([C@H]2CC[C@@]3(C)[C@@H](CC[C@@H]3[C@H](C)CCCC(C)C)C2)[C@@]2(CC(=O)NC2=O)C1. The van der Waals surface area contributed by atoms with Gasteiger partial charge in [-0.15, -0.1) is 0 Å². The van der Waals surface area contributed by atoms with Crippen LogP contribution in [0, 0.1) is 45.8 Å². The summed E-state index contributed by atoms with van der Waals surface area (Å²) in [5.74, 6) is 2.92. The molecule has 5 nitrogen and oxygen atoms in total. The summed E-state index contributed by atoms with van der Waals surface area (Å²) in [6.45, 7) is 13.4. The molecule has 35 heavy (non-hydrogen) atoms. The molecule has 0 aromatic rings. The van der Waals surface area contributed by atoms with E-state index in [1.165, 1.54) is 51.9 Å². The van der Waals surface area contributed by atoms with Crippen LogP contribution in [-0.4, -0.2) is 23.9 Å². The second-order valence-electron chi connectivity index (χ2n) is 13.7. The average Bonchev–Trinajstić information content (AvgIpc) is 3.25. The zero-order chi connectivity index (χ0) is 25.6. The molecular weight excluding hydrogens is 438 g/mol. The maximum absolute atomic E-state index is 13.4. The Bertz CT molecular complexity index is 838. The highest BCUT2D eigenvalue weighted by atomic mass is 16.5. The van der Waals surface area contributed by atoms with E-state index < -0.39 is 5.41 Å². The molecule has 0 aromatic carbocycles. The standard InChI is InChI=1S/C30H49NO4/c1-19(2)8-7-9-20(3)25-11-10-22-16-23(12-14-28(22,25)5)29(6)15-13-24(35-21(4)32)17-30(29)18-26(33)31-27(30)34/h19-20,22-25H,7-18H2,1-6H3,(H,31,33,34)/t20-,22+,23+,24?,25-,28+,29-,30-/m1/s1. The van der Waals surface area contributed by atoms with E-state index in [1.807, 2.05) is 0 Å². The lowest BCUT2D eigenvalue weighted by atomic mass is 9.46. The van der Waals surface area contributed by atoms with E-state index in [1.54, 1.807) is 0 Å². The highest BCUT2D eigenvalue weighted by Gasteiger charge is 2.65. The molecule has 198 valence electrons. The summed E-state index contributed by atoms with van der Waals surface area (Å²) in [6, 6.07) is 0. The Kier molecular flexibility index (Phi) is 7.48. The Morgan fingerprint density at radius 2 is 1.77 bits per heavy atom. The van der Waals surface area contributed by atoms with Crippen molar-refractivity contribution < 1.29 is 19.1 Å². The van der Waals surface area contributed by atoms with Gasteiger partial charge in [0, 0.05) is 13.3 Å². The van der Waals surface area contributed by atoms with Gasteiger partial charge in [0.2, 0.25) is 11.8 Å². The Hall–Kier alpha value is -1.39. The molecule has 1 spiro atoms. The van der Waals surface area contributed by atoms with Crippen molar-refractivity contribution >= 4 is 17.8 Å². The Labute approximate surface area is 212 Å². The van der Waals surface area contributed by atoms with Gasteiger partial charge in [-0.2, -0.15) is 0 Å². The van der Waals surface area contributed by atoms with Crippen molar-refractivity contribution in [1.29, 1.82) is 0 Å². The summed E-state index contributed by atoms with van der Waals surface area (Å²) in [4.78, 5) is 37.5. The van der Waals surface area contributed by atoms with Gasteiger partial charge in [-0.1, -0.05) is 53.9 Å². The average molecular weight is 488 g/mol. The van der Waals surface area contributed by atoms with Crippen LogP contribution >= 0.6 is 0 Å². The quantitative estimate of drug-likeness (QED) is 0.331. The van der Waals surface area contributed by atoms with Crippen molar-refractivity contribution in [2.75, 3.05) is 0 Å². The van der Waals surface area contributed by atoms with E-state index >= 15 is 0 Å². The summed E-state index contributed by atoms with van der Waals surface area (Å²) in [5.41, 5.74) is -0.578. The van der Waals surface area contributed by atoms with Gasteiger partial charge in [0.25, 0.3) is 0 Å². The minimum Gasteiger partial charge on any atom is -0.463 e. The second-order valence-corrected chi connectivity index (χ2v) is 13.7. The fraction of sp³-hybridized carbons (Fsp3) is 0.900. The lowest BCUT2D eigenvalue weighted by molar-refractivity contribution is -0.169. The van der Waals surface area contributed by atoms with Crippen LogP contribution in [0.5, 0.6) is 0 Å². The number of rotatable bonds is 7. The summed E-state index contributed by atoms with van der Waals surface area (Å²) in [6.07, 6.45) is 12.3. The van der Waals surface area contributed by atoms with Crippen LogP contribution in [0.1, 0.15) is 119 Å². The van der Waals surface area contributed by atoms with Crippen LogP contribution in [0.2, 0.25) is 0 Å². The summed E-state index contributed by atoms with van der Waals surface area (Å²) in [7, 11) is 0. The number of amides is 2. The fourth-order valence-corrected chi connectivity index (χ4v) is 9.25. The number of nitrogens with one attached hydrogen (secondary N) is 1. The number of carbonyl (C=O) groups is 3. The molecule has 3 aliphatic carbocycles. The Morgan fingerprint density at radius 3 is 2.40 bits per heavy atom. The zero-order valence-corrected chi connectivity index (χ0v) is 23.1. The lowest BCUT2D eigenvalue weighted by Crippen LogP contribution is -2.56. The van der Waals surface area contributed by atoms with Crippen molar-refractivity contribution in [3.8, 4) is 0 Å². The van der Waals surface area contributed by atoms with Gasteiger partial charge in [-0.05, 0) is 91.8 Å². The van der Waals surface area contributed by atoms with Crippen molar-refractivity contribution in [1.82, 2.24) is 5.32 Å². The predicted molar refractivity (Wildman–Crippen MR) is 137 cm³/mol.